The Bertz CT molecular complexity index is 1040. The maximum Gasteiger partial charge on any atom is 0.280 e. The zero-order chi connectivity index (χ0) is 22.9. The molecule has 33 heavy (non-hydrogen) atoms. The summed E-state index contributed by atoms with van der Waals surface area (Å²) in [6, 6.07) is 1.87. The number of carbonyl (C=O) groups excluding carboxylic acids is 1. The lowest BCUT2D eigenvalue weighted by Crippen LogP contribution is -2.64. The Balaban J connectivity index is 1.19. The second-order valence-corrected chi connectivity index (χ2v) is 10.4. The monoisotopic (exact) mass is 465 g/mol. The van der Waals surface area contributed by atoms with Gasteiger partial charge in [0.1, 0.15) is 11.4 Å². The van der Waals surface area contributed by atoms with Gasteiger partial charge in [-0.15, -0.1) is 0 Å². The van der Waals surface area contributed by atoms with Crippen molar-refractivity contribution in [2.24, 2.45) is 17.8 Å². The zero-order valence-corrected chi connectivity index (χ0v) is 18.3. The Labute approximate surface area is 188 Å². The molecule has 0 spiro atoms. The molecule has 2 aromatic rings. The molecule has 3 heterocycles. The highest BCUT2D eigenvalue weighted by atomic mass is 19.3. The average molecular weight is 465 g/mol. The number of rotatable bonds is 4. The molecule has 0 aromatic carbocycles. The van der Waals surface area contributed by atoms with E-state index in [1.807, 2.05) is 0 Å². The highest BCUT2D eigenvalue weighted by Gasteiger charge is 2.53. The van der Waals surface area contributed by atoms with Crippen molar-refractivity contribution in [1.82, 2.24) is 24.4 Å². The first-order chi connectivity index (χ1) is 15.8. The predicted molar refractivity (Wildman–Crippen MR) is 111 cm³/mol. The van der Waals surface area contributed by atoms with Crippen LogP contribution in [0.2, 0.25) is 0 Å². The summed E-state index contributed by atoms with van der Waals surface area (Å²) in [7, 11) is 0. The second-order valence-electron chi connectivity index (χ2n) is 10.4. The third kappa shape index (κ3) is 3.52. The molecule has 4 bridgehead atoms. The molecule has 7 rings (SSSR count). The first kappa shape index (κ1) is 21.3. The lowest BCUT2D eigenvalue weighted by molar-refractivity contribution is -0.0987. The summed E-state index contributed by atoms with van der Waals surface area (Å²) in [6.45, 7) is 2.68. The Morgan fingerprint density at radius 2 is 1.52 bits per heavy atom. The third-order valence-corrected chi connectivity index (χ3v) is 8.38. The van der Waals surface area contributed by atoms with Crippen molar-refractivity contribution >= 4 is 11.6 Å². The number of hydrogen-bond donors (Lipinski definition) is 0. The van der Waals surface area contributed by atoms with E-state index in [4.69, 9.17) is 0 Å². The van der Waals surface area contributed by atoms with E-state index in [1.54, 1.807) is 4.90 Å². The maximum atomic E-state index is 13.4. The molecule has 2 aromatic heterocycles. The molecule has 178 valence electrons. The molecule has 5 fully saturated rings. The van der Waals surface area contributed by atoms with Crippen LogP contribution < -0.4 is 0 Å². The highest BCUT2D eigenvalue weighted by molar-refractivity contribution is 5.93. The van der Waals surface area contributed by atoms with Gasteiger partial charge >= 0.3 is 0 Å². The molecule has 0 unspecified atom stereocenters. The lowest BCUT2D eigenvalue weighted by Gasteiger charge is -2.61. The van der Waals surface area contributed by atoms with Gasteiger partial charge < -0.3 is 4.90 Å². The summed E-state index contributed by atoms with van der Waals surface area (Å²) in [6.07, 6.45) is 1.96. The van der Waals surface area contributed by atoms with E-state index in [0.29, 0.717) is 19.2 Å². The van der Waals surface area contributed by atoms with E-state index >= 15 is 0 Å². The van der Waals surface area contributed by atoms with Gasteiger partial charge in [-0.1, -0.05) is 0 Å². The first-order valence-corrected chi connectivity index (χ1v) is 11.8. The number of hydrogen-bond acceptors (Lipinski definition) is 4. The van der Waals surface area contributed by atoms with E-state index in [9.17, 15) is 22.4 Å². The molecule has 5 aliphatic rings. The van der Waals surface area contributed by atoms with Crippen molar-refractivity contribution in [1.29, 1.82) is 0 Å². The van der Waals surface area contributed by atoms with Gasteiger partial charge in [0.25, 0.3) is 18.8 Å². The maximum absolute atomic E-state index is 13.4. The topological polar surface area (TPSA) is 53.7 Å². The van der Waals surface area contributed by atoms with Gasteiger partial charge in [0.05, 0.1) is 0 Å². The van der Waals surface area contributed by atoms with Gasteiger partial charge in [-0.3, -0.25) is 9.69 Å². The summed E-state index contributed by atoms with van der Waals surface area (Å²) >= 11 is 0. The van der Waals surface area contributed by atoms with Crippen LogP contribution in [0.1, 0.15) is 73.3 Å². The van der Waals surface area contributed by atoms with Crippen LogP contribution in [0.25, 0.3) is 5.65 Å². The number of piperazine rings is 1. The van der Waals surface area contributed by atoms with Crippen molar-refractivity contribution in [3.8, 4) is 0 Å². The summed E-state index contributed by atoms with van der Waals surface area (Å²) < 4.78 is 53.8. The van der Waals surface area contributed by atoms with Crippen LogP contribution in [0.4, 0.5) is 17.6 Å². The SMILES string of the molecule is O=C(c1cc2nc(C(F)F)cc(C(F)F)n2n1)N1CCN(C23CC4CC(CC(C4)C2)C3)CC1. The number of halogens is 4. The van der Waals surface area contributed by atoms with Crippen LogP contribution >= 0.6 is 0 Å². The summed E-state index contributed by atoms with van der Waals surface area (Å²) in [5, 5.41) is 4.01. The van der Waals surface area contributed by atoms with Gasteiger partial charge in [-0.2, -0.15) is 5.10 Å². The molecule has 6 nitrogen and oxygen atoms in total. The Kier molecular flexibility index (Phi) is 4.94. The molecular weight excluding hydrogens is 438 g/mol. The molecular formula is C23H27F4N5O. The van der Waals surface area contributed by atoms with E-state index < -0.39 is 24.2 Å². The smallest absolute Gasteiger partial charge is 0.280 e. The molecule has 1 saturated heterocycles. The van der Waals surface area contributed by atoms with Crippen LogP contribution in [0.15, 0.2) is 12.1 Å². The number of aromatic nitrogens is 3. The van der Waals surface area contributed by atoms with Crippen molar-refractivity contribution in [2.45, 2.75) is 56.9 Å². The van der Waals surface area contributed by atoms with Crippen LogP contribution in [-0.4, -0.2) is 62.0 Å². The number of nitrogens with zero attached hydrogens (tertiary/aromatic N) is 5. The molecule has 0 atom stereocenters. The molecule has 1 amide bonds. The van der Waals surface area contributed by atoms with Gasteiger partial charge in [-0.25, -0.2) is 27.1 Å². The average Bonchev–Trinajstić information content (AvgIpc) is 3.21. The van der Waals surface area contributed by atoms with Crippen molar-refractivity contribution in [3.05, 3.63) is 29.2 Å². The van der Waals surface area contributed by atoms with E-state index in [2.05, 4.69) is 15.0 Å². The van der Waals surface area contributed by atoms with E-state index in [0.717, 1.165) is 35.4 Å². The van der Waals surface area contributed by atoms with Gasteiger partial charge in [0.15, 0.2) is 11.3 Å². The number of carbonyl (C=O) groups is 1. The first-order valence-electron chi connectivity index (χ1n) is 11.8. The molecule has 10 heteroatoms. The molecule has 0 radical (unpaired) electrons. The number of alkyl halides is 4. The van der Waals surface area contributed by atoms with Crippen LogP contribution in [-0.2, 0) is 0 Å². The molecule has 4 saturated carbocycles. The predicted octanol–water partition coefficient (Wildman–Crippen LogP) is 4.33. The van der Waals surface area contributed by atoms with E-state index in [-0.39, 0.29) is 22.8 Å². The molecule has 0 N–H and O–H groups in total. The largest absolute Gasteiger partial charge is 0.335 e. The minimum Gasteiger partial charge on any atom is -0.335 e. The van der Waals surface area contributed by atoms with Gasteiger partial charge in [0.2, 0.25) is 0 Å². The number of fused-ring (bicyclic) bond motifs is 1. The Morgan fingerprint density at radius 3 is 2.06 bits per heavy atom. The van der Waals surface area contributed by atoms with Crippen LogP contribution in [0.5, 0.6) is 0 Å². The summed E-state index contributed by atoms with van der Waals surface area (Å²) in [4.78, 5) is 21.1. The Morgan fingerprint density at radius 1 is 0.909 bits per heavy atom. The third-order valence-electron chi connectivity index (χ3n) is 8.38. The van der Waals surface area contributed by atoms with Crippen LogP contribution in [0, 0.1) is 17.8 Å². The summed E-state index contributed by atoms with van der Waals surface area (Å²) in [5.74, 6) is 2.18. The van der Waals surface area contributed by atoms with Gasteiger partial charge in [-0.05, 0) is 62.3 Å². The minimum absolute atomic E-state index is 0.0425. The Hall–Kier alpha value is -2.23. The zero-order valence-electron chi connectivity index (χ0n) is 18.3. The van der Waals surface area contributed by atoms with Gasteiger partial charge in [0, 0.05) is 37.8 Å². The standard InChI is InChI=1S/C23H27F4N5O/c24-20(25)16-8-18(21(26)27)32-19(28-16)9-17(29-32)22(33)30-1-3-31(4-2-30)23-10-13-5-14(11-23)7-15(6-13)12-23/h8-9,13-15,20-21H,1-7,10-12H2. The van der Waals surface area contributed by atoms with Crippen molar-refractivity contribution in [3.63, 3.8) is 0 Å². The summed E-state index contributed by atoms with van der Waals surface area (Å²) in [5.41, 5.74) is -1.37. The lowest BCUT2D eigenvalue weighted by atomic mass is 9.52. The fourth-order valence-electron chi connectivity index (χ4n) is 7.39. The van der Waals surface area contributed by atoms with E-state index in [1.165, 1.54) is 44.6 Å². The van der Waals surface area contributed by atoms with Crippen molar-refractivity contribution in [2.75, 3.05) is 26.2 Å². The number of amides is 1. The molecule has 4 aliphatic carbocycles. The van der Waals surface area contributed by atoms with Crippen LogP contribution in [0.3, 0.4) is 0 Å². The quantitative estimate of drug-likeness (QED) is 0.631. The molecule has 1 aliphatic heterocycles. The highest BCUT2D eigenvalue weighted by Crippen LogP contribution is 2.57. The second kappa shape index (κ2) is 7.65. The minimum atomic E-state index is -3.01. The normalized spacial score (nSPS) is 31.9. The fraction of sp³-hybridized carbons (Fsp3) is 0.696. The fourth-order valence-corrected chi connectivity index (χ4v) is 7.39. The van der Waals surface area contributed by atoms with Crippen molar-refractivity contribution < 1.29 is 22.4 Å².